The van der Waals surface area contributed by atoms with Crippen molar-refractivity contribution in [1.82, 2.24) is 9.97 Å². The van der Waals surface area contributed by atoms with Gasteiger partial charge in [-0.3, -0.25) is 9.78 Å². The Hall–Kier alpha value is -0.980. The average molecular weight is 271 g/mol. The maximum absolute atomic E-state index is 10.5. The topological polar surface area (TPSA) is 103 Å². The predicted molar refractivity (Wildman–Crippen MR) is 40.4 cm³/mol. The zero-order valence-electron chi connectivity index (χ0n) is 5.83. The van der Waals surface area contributed by atoms with Crippen molar-refractivity contribution >= 4 is 31.8 Å². The standard InChI is InChI=1S/C5H4N2O4.In/c8-3-1-2(4(9)10)6-5(11)7-3;/h1H,(H,9,10)(H2,6,7,8,11);. The van der Waals surface area contributed by atoms with Crippen LogP contribution in [0, 0.1) is 0 Å². The summed E-state index contributed by atoms with van der Waals surface area (Å²) in [6.07, 6.45) is 0. The van der Waals surface area contributed by atoms with Crippen molar-refractivity contribution < 1.29 is 9.90 Å². The van der Waals surface area contributed by atoms with Crippen LogP contribution in [0.25, 0.3) is 0 Å². The van der Waals surface area contributed by atoms with E-state index >= 15 is 0 Å². The van der Waals surface area contributed by atoms with Gasteiger partial charge in [0.25, 0.3) is 5.56 Å². The van der Waals surface area contributed by atoms with E-state index in [1.807, 2.05) is 9.97 Å². The quantitative estimate of drug-likeness (QED) is 0.571. The van der Waals surface area contributed by atoms with Gasteiger partial charge in [-0.05, 0) is 0 Å². The Labute approximate surface area is 84.4 Å². The second-order valence-corrected chi connectivity index (χ2v) is 1.81. The van der Waals surface area contributed by atoms with E-state index < -0.39 is 22.9 Å². The number of carboxylic acids is 1. The Bertz CT molecular complexity index is 365. The second-order valence-electron chi connectivity index (χ2n) is 1.81. The summed E-state index contributed by atoms with van der Waals surface area (Å²) in [6.45, 7) is 0. The molecule has 0 fully saturated rings. The van der Waals surface area contributed by atoms with E-state index in [1.54, 1.807) is 0 Å². The number of aromatic nitrogens is 2. The van der Waals surface area contributed by atoms with Crippen LogP contribution < -0.4 is 11.2 Å². The summed E-state index contributed by atoms with van der Waals surface area (Å²) in [4.78, 5) is 34.9. The Balaban J connectivity index is 0.00000121. The molecule has 7 heteroatoms. The van der Waals surface area contributed by atoms with Crippen LogP contribution in [-0.4, -0.2) is 46.9 Å². The van der Waals surface area contributed by atoms with Gasteiger partial charge in [0, 0.05) is 31.9 Å². The van der Waals surface area contributed by atoms with E-state index in [0.717, 1.165) is 6.07 Å². The van der Waals surface area contributed by atoms with Gasteiger partial charge in [0.05, 0.1) is 0 Å². The molecule has 0 saturated heterocycles. The SMILES string of the molecule is O=C(O)c1cc(=O)[nH]c(=O)[nH]1.[In]. The van der Waals surface area contributed by atoms with Crippen LogP contribution in [0.1, 0.15) is 10.5 Å². The summed E-state index contributed by atoms with van der Waals surface area (Å²) in [7, 11) is 0. The van der Waals surface area contributed by atoms with Crippen molar-refractivity contribution in [2.24, 2.45) is 0 Å². The van der Waals surface area contributed by atoms with Crippen LogP contribution >= 0.6 is 0 Å². The molecule has 0 aromatic carbocycles. The third-order valence-corrected chi connectivity index (χ3v) is 0.991. The summed E-state index contributed by atoms with van der Waals surface area (Å²) in [5.41, 5.74) is -1.97. The summed E-state index contributed by atoms with van der Waals surface area (Å²) >= 11 is 0. The molecule has 1 rings (SSSR count). The molecule has 0 aliphatic heterocycles. The molecule has 0 bridgehead atoms. The number of H-pyrrole nitrogens is 2. The minimum Gasteiger partial charge on any atom is -0.477 e. The molecule has 0 atom stereocenters. The van der Waals surface area contributed by atoms with Gasteiger partial charge in [-0.1, -0.05) is 0 Å². The third kappa shape index (κ3) is 2.57. The molecule has 3 N–H and O–H groups in total. The summed E-state index contributed by atoms with van der Waals surface area (Å²) < 4.78 is 0. The number of hydrogen-bond acceptors (Lipinski definition) is 3. The Morgan fingerprint density at radius 3 is 2.33 bits per heavy atom. The van der Waals surface area contributed by atoms with E-state index in [2.05, 4.69) is 0 Å². The number of hydrogen-bond donors (Lipinski definition) is 3. The van der Waals surface area contributed by atoms with Gasteiger partial charge in [0.2, 0.25) is 0 Å². The van der Waals surface area contributed by atoms with Crippen molar-refractivity contribution in [2.75, 3.05) is 0 Å². The summed E-state index contributed by atoms with van der Waals surface area (Å²) in [5.74, 6) is -1.34. The number of carbonyl (C=O) groups is 1. The van der Waals surface area contributed by atoms with E-state index in [0.29, 0.717) is 0 Å². The Morgan fingerprint density at radius 2 is 1.92 bits per heavy atom. The summed E-state index contributed by atoms with van der Waals surface area (Å²) in [6, 6.07) is 0.795. The molecule has 1 heterocycles. The predicted octanol–water partition coefficient (Wildman–Crippen LogP) is -1.62. The first kappa shape index (κ1) is 11.0. The average Bonchev–Trinajstić information content (AvgIpc) is 1.85. The van der Waals surface area contributed by atoms with Gasteiger partial charge >= 0.3 is 11.7 Å². The molecule has 6 nitrogen and oxygen atoms in total. The molecule has 0 aliphatic carbocycles. The van der Waals surface area contributed by atoms with E-state index in [1.165, 1.54) is 0 Å². The monoisotopic (exact) mass is 271 g/mol. The van der Waals surface area contributed by atoms with Crippen molar-refractivity contribution in [3.8, 4) is 0 Å². The van der Waals surface area contributed by atoms with Crippen molar-refractivity contribution in [3.63, 3.8) is 0 Å². The van der Waals surface area contributed by atoms with Gasteiger partial charge in [0.15, 0.2) is 0 Å². The zero-order chi connectivity index (χ0) is 8.43. The number of rotatable bonds is 1. The van der Waals surface area contributed by atoms with E-state index in [-0.39, 0.29) is 25.8 Å². The molecule has 0 unspecified atom stereocenters. The van der Waals surface area contributed by atoms with Crippen LogP contribution in [0.15, 0.2) is 15.7 Å². The van der Waals surface area contributed by atoms with Crippen LogP contribution in [0.4, 0.5) is 0 Å². The van der Waals surface area contributed by atoms with Gasteiger partial charge in [-0.15, -0.1) is 0 Å². The largest absolute Gasteiger partial charge is 0.477 e. The van der Waals surface area contributed by atoms with Crippen molar-refractivity contribution in [1.29, 1.82) is 0 Å². The van der Waals surface area contributed by atoms with Crippen LogP contribution in [0.5, 0.6) is 0 Å². The van der Waals surface area contributed by atoms with Crippen LogP contribution in [-0.2, 0) is 0 Å². The fourth-order valence-electron chi connectivity index (χ4n) is 0.584. The first-order valence-electron chi connectivity index (χ1n) is 2.66. The van der Waals surface area contributed by atoms with Crippen LogP contribution in [0.2, 0.25) is 0 Å². The van der Waals surface area contributed by atoms with Gasteiger partial charge in [-0.2, -0.15) is 0 Å². The molecule has 0 aliphatic rings. The minimum absolute atomic E-state index is 0. The van der Waals surface area contributed by atoms with Crippen molar-refractivity contribution in [2.45, 2.75) is 0 Å². The van der Waals surface area contributed by atoms with Gasteiger partial charge in [0.1, 0.15) is 5.69 Å². The molecular weight excluding hydrogens is 267 g/mol. The molecule has 3 radical (unpaired) electrons. The van der Waals surface area contributed by atoms with Gasteiger partial charge < -0.3 is 10.1 Å². The Kier molecular flexibility index (Phi) is 3.81. The zero-order valence-corrected chi connectivity index (χ0v) is 9.12. The van der Waals surface area contributed by atoms with E-state index in [4.69, 9.17) is 5.11 Å². The molecule has 61 valence electrons. The van der Waals surface area contributed by atoms with E-state index in [9.17, 15) is 14.4 Å². The molecule has 1 aromatic rings. The van der Waals surface area contributed by atoms with Crippen LogP contribution in [0.3, 0.4) is 0 Å². The molecule has 12 heavy (non-hydrogen) atoms. The third-order valence-electron chi connectivity index (χ3n) is 0.991. The smallest absolute Gasteiger partial charge is 0.352 e. The normalized spacial score (nSPS) is 8.67. The number of carboxylic acid groups (broad SMARTS) is 1. The first-order chi connectivity index (χ1) is 5.09. The molecule has 1 aromatic heterocycles. The number of aromatic carboxylic acids is 1. The maximum Gasteiger partial charge on any atom is 0.352 e. The molecule has 0 spiro atoms. The molecule has 0 amide bonds. The maximum atomic E-state index is 10.5. The Morgan fingerprint density at radius 1 is 1.33 bits per heavy atom. The minimum atomic E-state index is -1.34. The fourth-order valence-corrected chi connectivity index (χ4v) is 0.584. The molecular formula is C5H4InN2O4. The summed E-state index contributed by atoms with van der Waals surface area (Å²) in [5, 5.41) is 8.31. The first-order valence-corrected chi connectivity index (χ1v) is 2.66. The molecule has 0 saturated carbocycles. The van der Waals surface area contributed by atoms with Gasteiger partial charge in [-0.25, -0.2) is 9.59 Å². The second kappa shape index (κ2) is 4.15. The fraction of sp³-hybridized carbons (Fsp3) is 0. The number of nitrogens with one attached hydrogen (secondary N) is 2. The van der Waals surface area contributed by atoms with Crippen molar-refractivity contribution in [3.05, 3.63) is 32.6 Å². The number of aromatic amines is 2.